The van der Waals surface area contributed by atoms with Crippen molar-refractivity contribution in [1.29, 1.82) is 0 Å². The average molecular weight is 618 g/mol. The number of nitrogens with zero attached hydrogens (tertiary/aromatic N) is 1. The van der Waals surface area contributed by atoms with E-state index in [2.05, 4.69) is 150 Å². The zero-order chi connectivity index (χ0) is 32.3. The molecule has 0 radical (unpaired) electrons. The Hall–Kier alpha value is -6.25. The van der Waals surface area contributed by atoms with Gasteiger partial charge in [-0.25, -0.2) is 4.39 Å². The summed E-state index contributed by atoms with van der Waals surface area (Å²) in [6.07, 6.45) is 0. The number of rotatable bonds is 7. The molecule has 1 nitrogen and oxygen atoms in total. The largest absolute Gasteiger partial charge is 0.311 e. The van der Waals surface area contributed by atoms with Gasteiger partial charge in [-0.2, -0.15) is 0 Å². The third kappa shape index (κ3) is 5.65. The minimum Gasteiger partial charge on any atom is -0.311 e. The Bertz CT molecular complexity index is 2220. The summed E-state index contributed by atoms with van der Waals surface area (Å²) in [4.78, 5) is 2.29. The number of fused-ring (bicyclic) bond motifs is 1. The van der Waals surface area contributed by atoms with E-state index in [1.165, 1.54) is 28.3 Å². The van der Waals surface area contributed by atoms with E-state index in [0.29, 0.717) is 5.56 Å². The topological polar surface area (TPSA) is 3.24 Å². The van der Waals surface area contributed by atoms with E-state index in [0.717, 1.165) is 44.5 Å². The van der Waals surface area contributed by atoms with Crippen LogP contribution in [0.3, 0.4) is 0 Å². The van der Waals surface area contributed by atoms with Gasteiger partial charge >= 0.3 is 0 Å². The SMILES string of the molecule is Fc1ccccc1-c1cccc2cccc(-c3ccc(N(c4ccc(-c5ccccc5)cc4)c4ccc(-c5ccccc5)cc4)cc3)c12. The van der Waals surface area contributed by atoms with Crippen LogP contribution in [-0.4, -0.2) is 0 Å². The maximum atomic E-state index is 15.0. The normalized spacial score (nSPS) is 11.0. The quantitative estimate of drug-likeness (QED) is 0.172. The van der Waals surface area contributed by atoms with Gasteiger partial charge in [-0.15, -0.1) is 0 Å². The highest BCUT2D eigenvalue weighted by Crippen LogP contribution is 2.40. The molecule has 228 valence electrons. The Morgan fingerprint density at radius 2 is 0.688 bits per heavy atom. The molecule has 0 aliphatic heterocycles. The van der Waals surface area contributed by atoms with E-state index < -0.39 is 0 Å². The van der Waals surface area contributed by atoms with Crippen LogP contribution in [0.5, 0.6) is 0 Å². The van der Waals surface area contributed by atoms with Crippen LogP contribution in [0, 0.1) is 5.82 Å². The fraction of sp³-hybridized carbons (Fsp3) is 0. The van der Waals surface area contributed by atoms with E-state index in [1.54, 1.807) is 6.07 Å². The van der Waals surface area contributed by atoms with Crippen molar-refractivity contribution in [3.8, 4) is 44.5 Å². The summed E-state index contributed by atoms with van der Waals surface area (Å²) in [5.74, 6) is -0.220. The third-order valence-electron chi connectivity index (χ3n) is 8.97. The minimum atomic E-state index is -0.220. The summed E-state index contributed by atoms with van der Waals surface area (Å²) in [5, 5.41) is 2.12. The molecule has 0 aliphatic carbocycles. The van der Waals surface area contributed by atoms with Crippen LogP contribution >= 0.6 is 0 Å². The molecule has 0 saturated carbocycles. The molecule has 0 heterocycles. The fourth-order valence-electron chi connectivity index (χ4n) is 6.59. The predicted octanol–water partition coefficient (Wildman–Crippen LogP) is 13.1. The van der Waals surface area contributed by atoms with Crippen LogP contribution in [0.25, 0.3) is 55.3 Å². The maximum Gasteiger partial charge on any atom is 0.131 e. The van der Waals surface area contributed by atoms with Gasteiger partial charge in [0, 0.05) is 22.6 Å². The van der Waals surface area contributed by atoms with E-state index >= 15 is 4.39 Å². The number of anilines is 3. The first-order valence-electron chi connectivity index (χ1n) is 16.2. The molecule has 0 N–H and O–H groups in total. The summed E-state index contributed by atoms with van der Waals surface area (Å²) in [7, 11) is 0. The van der Waals surface area contributed by atoms with Crippen LogP contribution in [0.1, 0.15) is 0 Å². The third-order valence-corrected chi connectivity index (χ3v) is 8.97. The zero-order valence-electron chi connectivity index (χ0n) is 26.3. The molecule has 0 aliphatic rings. The van der Waals surface area contributed by atoms with Gasteiger partial charge in [0.1, 0.15) is 5.82 Å². The standard InChI is InChI=1S/C46H32FN/c47-45-20-8-7-17-43(45)44-19-10-16-38-15-9-18-42(46(38)44)37-25-31-41(32-26-37)48(39-27-21-35(22-28-39)33-11-3-1-4-12-33)40-29-23-36(24-30-40)34-13-5-2-6-14-34/h1-32H. The molecular weight excluding hydrogens is 586 g/mol. The van der Waals surface area contributed by atoms with Gasteiger partial charge in [0.15, 0.2) is 0 Å². The van der Waals surface area contributed by atoms with Crippen molar-refractivity contribution in [3.63, 3.8) is 0 Å². The Kier molecular flexibility index (Phi) is 7.82. The molecule has 8 rings (SSSR count). The van der Waals surface area contributed by atoms with Crippen molar-refractivity contribution >= 4 is 27.8 Å². The summed E-state index contributed by atoms with van der Waals surface area (Å²) in [6.45, 7) is 0. The Morgan fingerprint density at radius 3 is 1.19 bits per heavy atom. The second-order valence-corrected chi connectivity index (χ2v) is 11.9. The Balaban J connectivity index is 1.21. The zero-order valence-corrected chi connectivity index (χ0v) is 26.3. The van der Waals surface area contributed by atoms with Crippen molar-refractivity contribution < 1.29 is 4.39 Å². The molecule has 0 atom stereocenters. The number of hydrogen-bond acceptors (Lipinski definition) is 1. The van der Waals surface area contributed by atoms with Crippen LogP contribution < -0.4 is 4.90 Å². The molecule has 0 fully saturated rings. The number of halogens is 1. The first-order chi connectivity index (χ1) is 23.7. The summed E-state index contributed by atoms with van der Waals surface area (Å²) < 4.78 is 15.0. The molecule has 0 amide bonds. The average Bonchev–Trinajstić information content (AvgIpc) is 3.16. The molecule has 2 heteroatoms. The van der Waals surface area contributed by atoms with Gasteiger partial charge in [-0.3, -0.25) is 0 Å². The lowest BCUT2D eigenvalue weighted by Crippen LogP contribution is -2.09. The molecule has 0 unspecified atom stereocenters. The Morgan fingerprint density at radius 1 is 0.292 bits per heavy atom. The predicted molar refractivity (Wildman–Crippen MR) is 200 cm³/mol. The van der Waals surface area contributed by atoms with Gasteiger partial charge in [0.2, 0.25) is 0 Å². The lowest BCUT2D eigenvalue weighted by Gasteiger charge is -2.26. The molecule has 48 heavy (non-hydrogen) atoms. The second kappa shape index (κ2) is 12.9. The smallest absolute Gasteiger partial charge is 0.131 e. The Labute approximate surface area is 280 Å². The molecular formula is C46H32FN. The van der Waals surface area contributed by atoms with Gasteiger partial charge in [-0.1, -0.05) is 152 Å². The molecule has 0 saturated heterocycles. The summed E-state index contributed by atoms with van der Waals surface area (Å²) >= 11 is 0. The first-order valence-corrected chi connectivity index (χ1v) is 16.2. The molecule has 0 bridgehead atoms. The summed E-state index contributed by atoms with van der Waals surface area (Å²) in [5.41, 5.74) is 11.6. The lowest BCUT2D eigenvalue weighted by molar-refractivity contribution is 0.631. The van der Waals surface area contributed by atoms with Gasteiger partial charge in [0.25, 0.3) is 0 Å². The second-order valence-electron chi connectivity index (χ2n) is 11.9. The van der Waals surface area contributed by atoms with Crippen LogP contribution in [0.4, 0.5) is 21.5 Å². The van der Waals surface area contributed by atoms with Crippen molar-refractivity contribution in [2.75, 3.05) is 4.90 Å². The van der Waals surface area contributed by atoms with Gasteiger partial charge in [0.05, 0.1) is 0 Å². The van der Waals surface area contributed by atoms with Crippen molar-refractivity contribution in [2.24, 2.45) is 0 Å². The van der Waals surface area contributed by atoms with Crippen molar-refractivity contribution in [1.82, 2.24) is 0 Å². The molecule has 0 aromatic heterocycles. The fourth-order valence-corrected chi connectivity index (χ4v) is 6.59. The van der Waals surface area contributed by atoms with Crippen molar-refractivity contribution in [3.05, 3.63) is 200 Å². The van der Waals surface area contributed by atoms with Crippen molar-refractivity contribution in [2.45, 2.75) is 0 Å². The van der Waals surface area contributed by atoms with Crippen LogP contribution in [-0.2, 0) is 0 Å². The van der Waals surface area contributed by atoms with Crippen LogP contribution in [0.2, 0.25) is 0 Å². The highest BCUT2D eigenvalue weighted by molar-refractivity contribution is 6.06. The number of benzene rings is 8. The molecule has 8 aromatic carbocycles. The summed E-state index contributed by atoms with van der Waals surface area (Å²) in [6, 6.07) is 66.5. The van der Waals surface area contributed by atoms with Gasteiger partial charge < -0.3 is 4.90 Å². The molecule has 8 aromatic rings. The van der Waals surface area contributed by atoms with E-state index in [4.69, 9.17) is 0 Å². The monoisotopic (exact) mass is 617 g/mol. The lowest BCUT2D eigenvalue weighted by atomic mass is 9.91. The number of hydrogen-bond donors (Lipinski definition) is 0. The van der Waals surface area contributed by atoms with Crippen LogP contribution in [0.15, 0.2) is 194 Å². The highest BCUT2D eigenvalue weighted by Gasteiger charge is 2.16. The van der Waals surface area contributed by atoms with E-state index in [1.807, 2.05) is 36.4 Å². The van der Waals surface area contributed by atoms with E-state index in [-0.39, 0.29) is 5.82 Å². The van der Waals surface area contributed by atoms with E-state index in [9.17, 15) is 0 Å². The minimum absolute atomic E-state index is 0.220. The highest BCUT2D eigenvalue weighted by atomic mass is 19.1. The van der Waals surface area contributed by atoms with Gasteiger partial charge in [-0.05, 0) is 92.2 Å². The first kappa shape index (κ1) is 29.2. The maximum absolute atomic E-state index is 15.0. The molecule has 0 spiro atoms.